The lowest BCUT2D eigenvalue weighted by molar-refractivity contribution is 0.0894. The summed E-state index contributed by atoms with van der Waals surface area (Å²) in [5, 5.41) is 7.03. The van der Waals surface area contributed by atoms with E-state index in [9.17, 15) is 4.79 Å². The Kier molecular flexibility index (Phi) is 3.68. The first-order valence-electron chi connectivity index (χ1n) is 5.17. The van der Waals surface area contributed by atoms with Gasteiger partial charge in [0.25, 0.3) is 0 Å². The minimum absolute atomic E-state index is 0.151. The van der Waals surface area contributed by atoms with Crippen molar-refractivity contribution in [1.82, 2.24) is 14.5 Å². The predicted octanol–water partition coefficient (Wildman–Crippen LogP) is 1.18. The Hall–Kier alpha value is -1.21. The zero-order valence-corrected chi connectivity index (χ0v) is 9.87. The molecule has 2 rings (SSSR count). The number of rotatable bonds is 3. The average molecular weight is 242 g/mol. The van der Waals surface area contributed by atoms with Gasteiger partial charge in [0.05, 0.1) is 12.3 Å². The third kappa shape index (κ3) is 2.89. The van der Waals surface area contributed by atoms with Crippen molar-refractivity contribution in [3.63, 3.8) is 0 Å². The van der Waals surface area contributed by atoms with Crippen molar-refractivity contribution in [2.24, 2.45) is 0 Å². The molecule has 88 valence electrons. The van der Waals surface area contributed by atoms with Crippen molar-refractivity contribution in [1.29, 1.82) is 0 Å². The average Bonchev–Trinajstić information content (AvgIpc) is 2.90. The molecule has 7 heteroatoms. The van der Waals surface area contributed by atoms with Crippen LogP contribution in [0.3, 0.4) is 0 Å². The van der Waals surface area contributed by atoms with E-state index in [0.29, 0.717) is 11.5 Å². The van der Waals surface area contributed by atoms with Crippen molar-refractivity contribution in [2.45, 2.75) is 18.9 Å². The smallest absolute Gasteiger partial charge is 0.322 e. The van der Waals surface area contributed by atoms with Crippen LogP contribution in [-0.4, -0.2) is 46.8 Å². The molecule has 1 fully saturated rings. The summed E-state index contributed by atoms with van der Waals surface area (Å²) in [4.78, 5) is 13.3. The van der Waals surface area contributed by atoms with E-state index >= 15 is 0 Å². The first-order chi connectivity index (χ1) is 7.75. The van der Waals surface area contributed by atoms with Crippen molar-refractivity contribution in [3.8, 4) is 0 Å². The first kappa shape index (κ1) is 11.3. The molecular weight excluding hydrogens is 228 g/mol. The van der Waals surface area contributed by atoms with Crippen LogP contribution in [-0.2, 0) is 4.74 Å². The summed E-state index contributed by atoms with van der Waals surface area (Å²) in [6.07, 6.45) is 3.82. The molecule has 16 heavy (non-hydrogen) atoms. The number of anilines is 1. The summed E-state index contributed by atoms with van der Waals surface area (Å²) in [7, 11) is 1.76. The maximum Gasteiger partial charge on any atom is 0.322 e. The number of carbonyl (C=O) groups is 1. The summed E-state index contributed by atoms with van der Waals surface area (Å²) in [6.45, 7) is 1.43. The van der Waals surface area contributed by atoms with Gasteiger partial charge in [0.15, 0.2) is 0 Å². The van der Waals surface area contributed by atoms with E-state index < -0.39 is 0 Å². The van der Waals surface area contributed by atoms with Gasteiger partial charge >= 0.3 is 6.03 Å². The van der Waals surface area contributed by atoms with Crippen LogP contribution in [0.15, 0.2) is 6.20 Å². The number of carbonyl (C=O) groups excluding carboxylic acids is 1. The Bertz CT molecular complexity index is 337. The predicted molar refractivity (Wildman–Crippen MR) is 60.5 cm³/mol. The highest BCUT2D eigenvalue weighted by atomic mass is 32.1. The maximum absolute atomic E-state index is 11.7. The monoisotopic (exact) mass is 242 g/mol. The van der Waals surface area contributed by atoms with Gasteiger partial charge in [-0.3, -0.25) is 5.32 Å². The van der Waals surface area contributed by atoms with Crippen molar-refractivity contribution < 1.29 is 9.53 Å². The Labute approximate surface area is 97.8 Å². The van der Waals surface area contributed by atoms with Crippen LogP contribution in [0.1, 0.15) is 12.8 Å². The minimum Gasteiger partial charge on any atom is -0.376 e. The lowest BCUT2D eigenvalue weighted by atomic mass is 10.2. The number of aromatic nitrogens is 2. The number of amides is 2. The van der Waals surface area contributed by atoms with Gasteiger partial charge in [-0.05, 0) is 12.8 Å². The largest absolute Gasteiger partial charge is 0.376 e. The fourth-order valence-electron chi connectivity index (χ4n) is 1.60. The van der Waals surface area contributed by atoms with Gasteiger partial charge in [-0.1, -0.05) is 4.49 Å². The molecule has 0 aliphatic carbocycles. The molecule has 0 radical (unpaired) electrons. The molecule has 1 N–H and O–H groups in total. The van der Waals surface area contributed by atoms with Gasteiger partial charge in [-0.15, -0.1) is 5.10 Å². The molecule has 1 aromatic rings. The number of hydrogen-bond donors (Lipinski definition) is 1. The van der Waals surface area contributed by atoms with E-state index in [1.807, 2.05) is 0 Å². The molecular formula is C9H14N4O2S. The molecule has 0 spiro atoms. The summed E-state index contributed by atoms with van der Waals surface area (Å²) in [5.74, 6) is 0. The Morgan fingerprint density at radius 2 is 2.69 bits per heavy atom. The third-order valence-corrected chi connectivity index (χ3v) is 3.02. The zero-order valence-electron chi connectivity index (χ0n) is 9.05. The van der Waals surface area contributed by atoms with E-state index in [-0.39, 0.29) is 12.1 Å². The molecule has 1 atom stereocenters. The van der Waals surface area contributed by atoms with E-state index in [1.54, 1.807) is 11.9 Å². The molecule has 0 saturated carbocycles. The molecule has 1 saturated heterocycles. The number of nitrogens with one attached hydrogen (secondary N) is 1. The van der Waals surface area contributed by atoms with Crippen LogP contribution in [0.5, 0.6) is 0 Å². The van der Waals surface area contributed by atoms with E-state index in [0.717, 1.165) is 31.0 Å². The highest BCUT2D eigenvalue weighted by molar-refractivity contribution is 7.10. The molecule has 2 heterocycles. The number of likely N-dealkylation sites (N-methyl/N-ethyl adjacent to an activating group) is 1. The van der Waals surface area contributed by atoms with Crippen molar-refractivity contribution in [3.05, 3.63) is 6.20 Å². The Morgan fingerprint density at radius 3 is 3.31 bits per heavy atom. The van der Waals surface area contributed by atoms with Crippen LogP contribution in [0.25, 0.3) is 0 Å². The SMILES string of the molecule is CN(CC1CCCO1)C(=O)Nc1cnns1. The summed E-state index contributed by atoms with van der Waals surface area (Å²) < 4.78 is 9.14. The minimum atomic E-state index is -0.151. The summed E-state index contributed by atoms with van der Waals surface area (Å²) in [5.41, 5.74) is 0. The van der Waals surface area contributed by atoms with Crippen LogP contribution in [0, 0.1) is 0 Å². The lowest BCUT2D eigenvalue weighted by Gasteiger charge is -2.20. The number of nitrogens with zero attached hydrogens (tertiary/aromatic N) is 3. The molecule has 1 aromatic heterocycles. The Morgan fingerprint density at radius 1 is 1.81 bits per heavy atom. The van der Waals surface area contributed by atoms with E-state index in [2.05, 4.69) is 14.9 Å². The maximum atomic E-state index is 11.7. The van der Waals surface area contributed by atoms with E-state index in [4.69, 9.17) is 4.74 Å². The quantitative estimate of drug-likeness (QED) is 0.864. The van der Waals surface area contributed by atoms with Gasteiger partial charge < -0.3 is 9.64 Å². The lowest BCUT2D eigenvalue weighted by Crippen LogP contribution is -2.36. The standard InChI is InChI=1S/C9H14N4O2S/c1-13(6-7-3-2-4-15-7)9(14)11-8-5-10-12-16-8/h5,7H,2-4,6H2,1H3,(H,11,14). The normalized spacial score (nSPS) is 19.7. The van der Waals surface area contributed by atoms with Gasteiger partial charge in [0.2, 0.25) is 0 Å². The van der Waals surface area contributed by atoms with Gasteiger partial charge in [-0.25, -0.2) is 4.79 Å². The van der Waals surface area contributed by atoms with E-state index in [1.165, 1.54) is 6.20 Å². The van der Waals surface area contributed by atoms with Crippen molar-refractivity contribution >= 4 is 22.6 Å². The second-order valence-corrected chi connectivity index (χ2v) is 4.51. The summed E-state index contributed by atoms with van der Waals surface area (Å²) >= 11 is 1.16. The van der Waals surface area contributed by atoms with Crippen LogP contribution in [0.4, 0.5) is 9.80 Å². The highest BCUT2D eigenvalue weighted by Crippen LogP contribution is 2.14. The number of urea groups is 1. The Balaban J connectivity index is 1.79. The van der Waals surface area contributed by atoms with Crippen LogP contribution >= 0.6 is 11.5 Å². The van der Waals surface area contributed by atoms with Gasteiger partial charge in [0.1, 0.15) is 5.00 Å². The number of ether oxygens (including phenoxy) is 1. The van der Waals surface area contributed by atoms with Gasteiger partial charge in [-0.2, -0.15) is 0 Å². The molecule has 1 aliphatic rings. The zero-order chi connectivity index (χ0) is 11.4. The molecule has 2 amide bonds. The fourth-order valence-corrected chi connectivity index (χ4v) is 2.01. The number of hydrogen-bond acceptors (Lipinski definition) is 5. The van der Waals surface area contributed by atoms with Crippen LogP contribution < -0.4 is 5.32 Å². The summed E-state index contributed by atoms with van der Waals surface area (Å²) in [6, 6.07) is -0.151. The molecule has 1 aliphatic heterocycles. The second kappa shape index (κ2) is 5.22. The van der Waals surface area contributed by atoms with Crippen LogP contribution in [0.2, 0.25) is 0 Å². The second-order valence-electron chi connectivity index (χ2n) is 3.73. The fraction of sp³-hybridized carbons (Fsp3) is 0.667. The highest BCUT2D eigenvalue weighted by Gasteiger charge is 2.20. The topological polar surface area (TPSA) is 67.3 Å². The third-order valence-electron chi connectivity index (χ3n) is 2.44. The molecule has 6 nitrogen and oxygen atoms in total. The molecule has 1 unspecified atom stereocenters. The first-order valence-corrected chi connectivity index (χ1v) is 5.94. The van der Waals surface area contributed by atoms with Crippen molar-refractivity contribution in [2.75, 3.05) is 25.5 Å². The van der Waals surface area contributed by atoms with Gasteiger partial charge in [0, 0.05) is 31.7 Å². The molecule has 0 bridgehead atoms. The molecule has 0 aromatic carbocycles.